The second kappa shape index (κ2) is 9.04. The Kier molecular flexibility index (Phi) is 6.48. The van der Waals surface area contributed by atoms with E-state index in [2.05, 4.69) is 5.32 Å². The molecule has 0 saturated carbocycles. The van der Waals surface area contributed by atoms with E-state index in [1.165, 1.54) is 29.4 Å². The zero-order valence-electron chi connectivity index (χ0n) is 18.3. The number of nitrogens with zero attached hydrogens (tertiary/aromatic N) is 2. The molecule has 0 bridgehead atoms. The Bertz CT molecular complexity index is 1220. The Labute approximate surface area is 197 Å². The summed E-state index contributed by atoms with van der Waals surface area (Å²) in [7, 11) is -3.81. The van der Waals surface area contributed by atoms with Gasteiger partial charge in [-0.25, -0.2) is 12.8 Å². The van der Waals surface area contributed by atoms with E-state index in [1.807, 2.05) is 6.92 Å². The number of rotatable bonds is 4. The highest BCUT2D eigenvalue weighted by atomic mass is 35.5. The molecule has 4 rings (SSSR count). The van der Waals surface area contributed by atoms with Gasteiger partial charge < -0.3 is 10.2 Å². The monoisotopic (exact) mass is 493 g/mol. The lowest BCUT2D eigenvalue weighted by atomic mass is 9.99. The van der Waals surface area contributed by atoms with Gasteiger partial charge in [0.05, 0.1) is 15.8 Å². The molecule has 0 radical (unpaired) electrons. The number of benzene rings is 2. The molecule has 0 aromatic heterocycles. The molecule has 2 aromatic carbocycles. The molecule has 2 amide bonds. The van der Waals surface area contributed by atoms with Crippen LogP contribution >= 0.6 is 11.6 Å². The molecule has 2 heterocycles. The van der Waals surface area contributed by atoms with E-state index in [0.717, 1.165) is 17.3 Å². The number of hydrogen-bond acceptors (Lipinski definition) is 4. The Morgan fingerprint density at radius 3 is 2.64 bits per heavy atom. The molecule has 1 saturated heterocycles. The minimum absolute atomic E-state index is 0.0292. The zero-order chi connectivity index (χ0) is 23.9. The molecule has 2 aliphatic rings. The van der Waals surface area contributed by atoms with Gasteiger partial charge in [-0.2, -0.15) is 4.31 Å². The van der Waals surface area contributed by atoms with E-state index < -0.39 is 21.8 Å². The van der Waals surface area contributed by atoms with Crippen LogP contribution in [0, 0.1) is 11.7 Å². The molecule has 1 fully saturated rings. The number of halogens is 2. The molecule has 176 valence electrons. The molecule has 0 spiro atoms. The number of amides is 2. The minimum atomic E-state index is -3.81. The maximum absolute atomic E-state index is 13.4. The van der Waals surface area contributed by atoms with Crippen LogP contribution in [0.5, 0.6) is 0 Å². The smallest absolute Gasteiger partial charge is 0.243 e. The van der Waals surface area contributed by atoms with Crippen molar-refractivity contribution in [3.63, 3.8) is 0 Å². The Morgan fingerprint density at radius 2 is 1.94 bits per heavy atom. The highest BCUT2D eigenvalue weighted by Gasteiger charge is 2.35. The lowest BCUT2D eigenvalue weighted by molar-refractivity contribution is -0.121. The Balaban J connectivity index is 1.51. The van der Waals surface area contributed by atoms with Crippen molar-refractivity contribution >= 4 is 44.8 Å². The summed E-state index contributed by atoms with van der Waals surface area (Å²) < 4.78 is 41.4. The van der Waals surface area contributed by atoms with Gasteiger partial charge in [-0.05, 0) is 68.1 Å². The van der Waals surface area contributed by atoms with Crippen LogP contribution in [-0.2, 0) is 26.0 Å². The summed E-state index contributed by atoms with van der Waals surface area (Å²) in [5, 5.41) is 2.59. The van der Waals surface area contributed by atoms with Crippen molar-refractivity contribution < 1.29 is 22.4 Å². The van der Waals surface area contributed by atoms with Crippen LogP contribution in [0.3, 0.4) is 0 Å². The first-order chi connectivity index (χ1) is 15.6. The van der Waals surface area contributed by atoms with Crippen molar-refractivity contribution in [1.82, 2.24) is 4.31 Å². The molecule has 7 nitrogen and oxygen atoms in total. The van der Waals surface area contributed by atoms with Crippen LogP contribution in [0.25, 0.3) is 0 Å². The standard InChI is InChI=1S/C23H25ClFN3O4S/c1-14-10-17-11-19(6-8-22(17)28(14)15(2)29)33(31,32)27-9-3-4-16(13-27)23(30)26-18-5-7-21(25)20(24)12-18/h5-8,11-12,14,16H,3-4,9-10,13H2,1-2H3,(H,26,30). The van der Waals surface area contributed by atoms with Crippen molar-refractivity contribution in [3.8, 4) is 0 Å². The van der Waals surface area contributed by atoms with Crippen molar-refractivity contribution in [2.75, 3.05) is 23.3 Å². The van der Waals surface area contributed by atoms with Gasteiger partial charge in [0, 0.05) is 37.4 Å². The molecule has 2 aliphatic heterocycles. The molecule has 2 aromatic rings. The number of piperidine rings is 1. The summed E-state index contributed by atoms with van der Waals surface area (Å²) in [6, 6.07) is 8.70. The van der Waals surface area contributed by atoms with E-state index in [1.54, 1.807) is 17.0 Å². The summed E-state index contributed by atoms with van der Waals surface area (Å²) in [5.74, 6) is -1.54. The van der Waals surface area contributed by atoms with E-state index in [0.29, 0.717) is 31.5 Å². The van der Waals surface area contributed by atoms with Gasteiger partial charge in [-0.3, -0.25) is 9.59 Å². The van der Waals surface area contributed by atoms with Gasteiger partial charge in [0.25, 0.3) is 0 Å². The lowest BCUT2D eigenvalue weighted by Gasteiger charge is -2.31. The van der Waals surface area contributed by atoms with Crippen LogP contribution in [0.15, 0.2) is 41.3 Å². The maximum atomic E-state index is 13.4. The fourth-order valence-corrected chi connectivity index (χ4v) is 6.35. The quantitative estimate of drug-likeness (QED) is 0.701. The summed E-state index contributed by atoms with van der Waals surface area (Å²) in [6.45, 7) is 3.80. The molecule has 2 unspecified atom stereocenters. The summed E-state index contributed by atoms with van der Waals surface area (Å²) in [5.41, 5.74) is 1.91. The Hall–Kier alpha value is -2.49. The molecule has 2 atom stereocenters. The van der Waals surface area contributed by atoms with E-state index in [9.17, 15) is 22.4 Å². The first-order valence-corrected chi connectivity index (χ1v) is 12.6. The van der Waals surface area contributed by atoms with Gasteiger partial charge in [-0.1, -0.05) is 11.6 Å². The molecule has 0 aliphatic carbocycles. The van der Waals surface area contributed by atoms with E-state index in [-0.39, 0.29) is 34.3 Å². The highest BCUT2D eigenvalue weighted by molar-refractivity contribution is 7.89. The van der Waals surface area contributed by atoms with Gasteiger partial charge in [0.15, 0.2) is 0 Å². The average Bonchev–Trinajstić information content (AvgIpc) is 3.11. The maximum Gasteiger partial charge on any atom is 0.243 e. The van der Waals surface area contributed by atoms with Crippen LogP contribution in [0.1, 0.15) is 32.3 Å². The number of nitrogens with one attached hydrogen (secondary N) is 1. The van der Waals surface area contributed by atoms with Crippen LogP contribution < -0.4 is 10.2 Å². The lowest BCUT2D eigenvalue weighted by Crippen LogP contribution is -2.43. The SMILES string of the molecule is CC(=O)N1c2ccc(S(=O)(=O)N3CCCC(C(=O)Nc4ccc(F)c(Cl)c4)C3)cc2CC1C. The number of carbonyl (C=O) groups excluding carboxylic acids is 2. The number of carbonyl (C=O) groups is 2. The van der Waals surface area contributed by atoms with Crippen molar-refractivity contribution in [2.45, 2.75) is 44.0 Å². The third-order valence-electron chi connectivity index (χ3n) is 6.19. The Morgan fingerprint density at radius 1 is 1.18 bits per heavy atom. The van der Waals surface area contributed by atoms with Gasteiger partial charge >= 0.3 is 0 Å². The molecular weight excluding hydrogens is 469 g/mol. The normalized spacial score (nSPS) is 21.0. The highest BCUT2D eigenvalue weighted by Crippen LogP contribution is 2.35. The minimum Gasteiger partial charge on any atom is -0.326 e. The van der Waals surface area contributed by atoms with Gasteiger partial charge in [-0.15, -0.1) is 0 Å². The first-order valence-electron chi connectivity index (χ1n) is 10.8. The topological polar surface area (TPSA) is 86.8 Å². The molecule has 33 heavy (non-hydrogen) atoms. The van der Waals surface area contributed by atoms with Gasteiger partial charge in [0.1, 0.15) is 5.82 Å². The first kappa shape index (κ1) is 23.7. The van der Waals surface area contributed by atoms with Gasteiger partial charge in [0.2, 0.25) is 21.8 Å². The van der Waals surface area contributed by atoms with Crippen LogP contribution in [-0.4, -0.2) is 43.7 Å². The van der Waals surface area contributed by atoms with Crippen molar-refractivity contribution in [1.29, 1.82) is 0 Å². The number of anilines is 2. The molecular formula is C23H25ClFN3O4S. The largest absolute Gasteiger partial charge is 0.326 e. The third kappa shape index (κ3) is 4.62. The average molecular weight is 494 g/mol. The fraction of sp³-hybridized carbons (Fsp3) is 0.391. The van der Waals surface area contributed by atoms with E-state index >= 15 is 0 Å². The predicted molar refractivity (Wildman–Crippen MR) is 124 cm³/mol. The van der Waals surface area contributed by atoms with Crippen molar-refractivity contribution in [2.24, 2.45) is 5.92 Å². The fourth-order valence-electron chi connectivity index (χ4n) is 4.59. The summed E-state index contributed by atoms with van der Waals surface area (Å²) >= 11 is 5.77. The summed E-state index contributed by atoms with van der Waals surface area (Å²) in [4.78, 5) is 26.5. The predicted octanol–water partition coefficient (Wildman–Crippen LogP) is 3.82. The number of hydrogen-bond donors (Lipinski definition) is 1. The van der Waals surface area contributed by atoms with Crippen LogP contribution in [0.4, 0.5) is 15.8 Å². The second-order valence-electron chi connectivity index (χ2n) is 8.55. The van der Waals surface area contributed by atoms with E-state index in [4.69, 9.17) is 11.6 Å². The molecule has 1 N–H and O–H groups in total. The van der Waals surface area contributed by atoms with Crippen LogP contribution in [0.2, 0.25) is 5.02 Å². The number of fused-ring (bicyclic) bond motifs is 1. The molecule has 10 heteroatoms. The number of sulfonamides is 1. The zero-order valence-corrected chi connectivity index (χ0v) is 19.9. The summed E-state index contributed by atoms with van der Waals surface area (Å²) in [6.07, 6.45) is 1.67. The second-order valence-corrected chi connectivity index (χ2v) is 10.9. The van der Waals surface area contributed by atoms with Crippen molar-refractivity contribution in [3.05, 3.63) is 52.8 Å². The third-order valence-corrected chi connectivity index (χ3v) is 8.34.